The minimum atomic E-state index is -3.86. The van der Waals surface area contributed by atoms with Crippen molar-refractivity contribution in [2.45, 2.75) is 54.6 Å². The van der Waals surface area contributed by atoms with E-state index in [1.807, 2.05) is 20.0 Å². The third kappa shape index (κ3) is 3.53. The van der Waals surface area contributed by atoms with Gasteiger partial charge in [-0.25, -0.2) is 23.2 Å². The molecule has 4 aromatic rings. The first kappa shape index (κ1) is 22.4. The number of aromatic nitrogens is 4. The van der Waals surface area contributed by atoms with Gasteiger partial charge in [0.15, 0.2) is 5.03 Å². The minimum Gasteiger partial charge on any atom is -0.346 e. The summed E-state index contributed by atoms with van der Waals surface area (Å²) in [5.41, 5.74) is 1.72. The van der Waals surface area contributed by atoms with Crippen LogP contribution in [0.5, 0.6) is 0 Å². The van der Waals surface area contributed by atoms with Crippen molar-refractivity contribution in [3.63, 3.8) is 0 Å². The van der Waals surface area contributed by atoms with Gasteiger partial charge in [-0.2, -0.15) is 0 Å². The summed E-state index contributed by atoms with van der Waals surface area (Å²) in [6.07, 6.45) is 5.24. The number of fused-ring (bicyclic) bond motifs is 3. The molecule has 34 heavy (non-hydrogen) atoms. The van der Waals surface area contributed by atoms with Crippen LogP contribution in [0.15, 0.2) is 52.5 Å². The molecule has 0 atom stereocenters. The number of amides is 2. The van der Waals surface area contributed by atoms with Crippen LogP contribution in [-0.2, 0) is 9.84 Å². The van der Waals surface area contributed by atoms with Gasteiger partial charge in [-0.05, 0) is 50.8 Å². The summed E-state index contributed by atoms with van der Waals surface area (Å²) in [6.45, 7) is 1.92. The molecule has 3 aromatic heterocycles. The number of benzene rings is 1. The van der Waals surface area contributed by atoms with Crippen LogP contribution in [-0.4, -0.2) is 59.0 Å². The highest BCUT2D eigenvalue weighted by molar-refractivity contribution is 7.91. The zero-order valence-corrected chi connectivity index (χ0v) is 20.3. The van der Waals surface area contributed by atoms with Gasteiger partial charge >= 0.3 is 6.03 Å². The first-order valence-electron chi connectivity index (χ1n) is 11.4. The van der Waals surface area contributed by atoms with Gasteiger partial charge in [0.05, 0.1) is 10.4 Å². The fraction of sp³-hybridized carbons (Fsp3) is 0.375. The van der Waals surface area contributed by atoms with Crippen LogP contribution in [0.1, 0.15) is 37.5 Å². The highest BCUT2D eigenvalue weighted by Gasteiger charge is 2.32. The molecule has 1 aliphatic rings. The van der Waals surface area contributed by atoms with Gasteiger partial charge in [0.1, 0.15) is 17.0 Å². The predicted molar refractivity (Wildman–Crippen MR) is 130 cm³/mol. The summed E-state index contributed by atoms with van der Waals surface area (Å²) in [4.78, 5) is 26.3. The van der Waals surface area contributed by atoms with Crippen molar-refractivity contribution in [3.05, 3.63) is 48.4 Å². The Kier molecular flexibility index (Phi) is 5.55. The number of urea groups is 1. The highest BCUT2D eigenvalue weighted by atomic mass is 32.2. The third-order valence-corrected chi connectivity index (χ3v) is 8.59. The van der Waals surface area contributed by atoms with Crippen LogP contribution in [0.25, 0.3) is 22.1 Å². The molecular weight excluding hydrogens is 452 g/mol. The Balaban J connectivity index is 1.61. The summed E-state index contributed by atoms with van der Waals surface area (Å²) < 4.78 is 29.3. The van der Waals surface area contributed by atoms with Gasteiger partial charge in [-0.15, -0.1) is 0 Å². The van der Waals surface area contributed by atoms with Crippen molar-refractivity contribution in [1.82, 2.24) is 29.7 Å². The zero-order chi connectivity index (χ0) is 24.0. The maximum Gasteiger partial charge on any atom is 0.317 e. The Hall–Kier alpha value is -3.40. The largest absolute Gasteiger partial charge is 0.346 e. The predicted octanol–water partition coefficient (Wildman–Crippen LogP) is 3.81. The van der Waals surface area contributed by atoms with E-state index in [1.165, 1.54) is 0 Å². The molecule has 9 nitrogen and oxygen atoms in total. The van der Waals surface area contributed by atoms with Gasteiger partial charge in [-0.3, -0.25) is 0 Å². The number of hydrogen-bond acceptors (Lipinski definition) is 5. The zero-order valence-electron chi connectivity index (χ0n) is 19.4. The lowest BCUT2D eigenvalue weighted by Crippen LogP contribution is -2.44. The topological polar surface area (TPSA) is 113 Å². The fourth-order valence-electron chi connectivity index (χ4n) is 5.14. The van der Waals surface area contributed by atoms with Crippen LogP contribution in [0.4, 0.5) is 4.79 Å². The number of carbonyl (C=O) groups is 1. The maximum atomic E-state index is 13.6. The molecule has 0 aliphatic heterocycles. The molecule has 10 heteroatoms. The van der Waals surface area contributed by atoms with Crippen molar-refractivity contribution in [2.75, 3.05) is 14.1 Å². The molecule has 2 N–H and O–H groups in total. The van der Waals surface area contributed by atoms with Gasteiger partial charge in [0.25, 0.3) is 0 Å². The molecule has 1 saturated carbocycles. The number of nitrogens with zero attached hydrogens (tertiary/aromatic N) is 4. The Morgan fingerprint density at radius 2 is 1.82 bits per heavy atom. The average molecular weight is 481 g/mol. The molecule has 0 radical (unpaired) electrons. The molecule has 5 rings (SSSR count). The minimum absolute atomic E-state index is 0.0291. The second-order valence-electron chi connectivity index (χ2n) is 8.83. The Bertz CT molecular complexity index is 1470. The number of H-pyrrole nitrogens is 1. The van der Waals surface area contributed by atoms with Crippen molar-refractivity contribution in [3.8, 4) is 0 Å². The molecule has 1 aliphatic carbocycles. The molecule has 0 saturated heterocycles. The van der Waals surface area contributed by atoms with Crippen LogP contribution in [0.3, 0.4) is 0 Å². The van der Waals surface area contributed by atoms with Crippen LogP contribution in [0, 0.1) is 6.92 Å². The SMILES string of the molecule is CNC(=O)N(C)C1CCC(n2c(C)nc3c(S(=O)(=O)c4ccccc4)nc4[nH]ccc4c32)CC1. The van der Waals surface area contributed by atoms with Crippen molar-refractivity contribution in [1.29, 1.82) is 0 Å². The molecule has 0 unspecified atom stereocenters. The first-order chi connectivity index (χ1) is 16.3. The molecule has 3 heterocycles. The van der Waals surface area contributed by atoms with Crippen LogP contribution >= 0.6 is 0 Å². The van der Waals surface area contributed by atoms with Crippen LogP contribution < -0.4 is 5.32 Å². The van der Waals surface area contributed by atoms with Gasteiger partial charge < -0.3 is 19.8 Å². The molecule has 0 bridgehead atoms. The number of aromatic amines is 1. The lowest BCUT2D eigenvalue weighted by Gasteiger charge is -2.35. The summed E-state index contributed by atoms with van der Waals surface area (Å²) >= 11 is 0. The summed E-state index contributed by atoms with van der Waals surface area (Å²) in [7, 11) is -0.387. The van der Waals surface area contributed by atoms with Gasteiger partial charge in [0, 0.05) is 37.8 Å². The number of sulfone groups is 1. The number of pyridine rings is 1. The number of carbonyl (C=O) groups excluding carboxylic acids is 1. The monoisotopic (exact) mass is 480 g/mol. The molecule has 178 valence electrons. The quantitative estimate of drug-likeness (QED) is 0.461. The maximum absolute atomic E-state index is 13.6. The van der Waals surface area contributed by atoms with E-state index < -0.39 is 9.84 Å². The van der Waals surface area contributed by atoms with E-state index in [4.69, 9.17) is 4.98 Å². The Morgan fingerprint density at radius 1 is 1.12 bits per heavy atom. The van der Waals surface area contributed by atoms with Gasteiger partial charge in [0.2, 0.25) is 9.84 Å². The highest BCUT2D eigenvalue weighted by Crippen LogP contribution is 2.38. The van der Waals surface area contributed by atoms with Gasteiger partial charge in [-0.1, -0.05) is 18.2 Å². The normalized spacial score (nSPS) is 18.9. The Morgan fingerprint density at radius 3 is 2.50 bits per heavy atom. The summed E-state index contributed by atoms with van der Waals surface area (Å²) in [6, 6.07) is 10.5. The molecule has 2 amide bonds. The number of rotatable bonds is 4. The average Bonchev–Trinajstić information content (AvgIpc) is 3.46. The lowest BCUT2D eigenvalue weighted by atomic mass is 9.90. The summed E-state index contributed by atoms with van der Waals surface area (Å²) in [5, 5.41) is 3.51. The van der Waals surface area contributed by atoms with E-state index in [2.05, 4.69) is 19.9 Å². The molecular formula is C24H28N6O3S. The van der Waals surface area contributed by atoms with E-state index in [0.29, 0.717) is 11.2 Å². The third-order valence-electron chi connectivity index (χ3n) is 6.91. The number of nitrogens with one attached hydrogen (secondary N) is 2. The van der Waals surface area contributed by atoms with E-state index in [0.717, 1.165) is 42.4 Å². The smallest absolute Gasteiger partial charge is 0.317 e. The first-order valence-corrected chi connectivity index (χ1v) is 12.9. The molecule has 0 spiro atoms. The van der Waals surface area contributed by atoms with E-state index >= 15 is 0 Å². The Labute approximate surface area is 198 Å². The van der Waals surface area contributed by atoms with Crippen molar-refractivity contribution in [2.24, 2.45) is 0 Å². The van der Waals surface area contributed by atoms with Crippen LogP contribution in [0.2, 0.25) is 0 Å². The molecule has 1 fully saturated rings. The number of aryl methyl sites for hydroxylation is 1. The van der Waals surface area contributed by atoms with E-state index in [1.54, 1.807) is 48.5 Å². The standard InChI is InChI=1S/C24H28N6O3S/c1-15-27-20-21(30(15)17-11-9-16(10-12-17)29(3)24(31)25-2)19-13-14-26-22(19)28-23(20)34(32,33)18-7-5-4-6-8-18/h4-8,13-14,16-17H,9-12H2,1-3H3,(H,25,31)(H,26,28). The summed E-state index contributed by atoms with van der Waals surface area (Å²) in [5.74, 6) is 0.762. The molecule has 1 aromatic carbocycles. The number of hydrogen-bond donors (Lipinski definition) is 2. The van der Waals surface area contributed by atoms with Crippen molar-refractivity contribution >= 4 is 37.9 Å². The fourth-order valence-corrected chi connectivity index (χ4v) is 6.49. The van der Waals surface area contributed by atoms with E-state index in [-0.39, 0.29) is 28.0 Å². The van der Waals surface area contributed by atoms with Crippen molar-refractivity contribution < 1.29 is 13.2 Å². The lowest BCUT2D eigenvalue weighted by molar-refractivity contribution is 0.164. The second-order valence-corrected chi connectivity index (χ2v) is 10.7. The van der Waals surface area contributed by atoms with E-state index in [9.17, 15) is 13.2 Å². The number of imidazole rings is 1. The second kappa shape index (κ2) is 8.43.